The van der Waals surface area contributed by atoms with E-state index in [4.69, 9.17) is 5.73 Å². The van der Waals surface area contributed by atoms with Crippen LogP contribution < -0.4 is 5.73 Å². The summed E-state index contributed by atoms with van der Waals surface area (Å²) in [5, 5.41) is 0. The number of likely N-dealkylation sites (N-methyl/N-ethyl adjacent to an activating group) is 1. The van der Waals surface area contributed by atoms with Crippen LogP contribution in [0.25, 0.3) is 0 Å². The summed E-state index contributed by atoms with van der Waals surface area (Å²) in [6.07, 6.45) is 0. The molecule has 1 unspecified atom stereocenters. The molecule has 1 amide bonds. The number of carbonyl (C=O) groups excluding carboxylic acids is 1. The van der Waals surface area contributed by atoms with Crippen LogP contribution in [-0.2, 0) is 11.3 Å². The van der Waals surface area contributed by atoms with Gasteiger partial charge in [-0.3, -0.25) is 4.79 Å². The molecule has 22 heavy (non-hydrogen) atoms. The van der Waals surface area contributed by atoms with Crippen molar-refractivity contribution in [1.29, 1.82) is 0 Å². The molecule has 0 aliphatic carbocycles. The topological polar surface area (TPSA) is 46.3 Å². The van der Waals surface area contributed by atoms with Gasteiger partial charge in [0.15, 0.2) is 0 Å². The molecule has 1 atom stereocenters. The van der Waals surface area contributed by atoms with Crippen LogP contribution in [0.3, 0.4) is 0 Å². The Morgan fingerprint density at radius 3 is 2.23 bits per heavy atom. The molecule has 116 valence electrons. The Kier molecular flexibility index (Phi) is 5.22. The van der Waals surface area contributed by atoms with Gasteiger partial charge in [-0.05, 0) is 24.6 Å². The van der Waals surface area contributed by atoms with E-state index in [2.05, 4.69) is 0 Å². The summed E-state index contributed by atoms with van der Waals surface area (Å²) in [5.74, 6) is -1.70. The summed E-state index contributed by atoms with van der Waals surface area (Å²) in [7, 11) is 0. The van der Waals surface area contributed by atoms with Gasteiger partial charge in [-0.15, -0.1) is 0 Å². The Labute approximate surface area is 128 Å². The second-order valence-corrected chi connectivity index (χ2v) is 4.94. The van der Waals surface area contributed by atoms with Crippen molar-refractivity contribution in [1.82, 2.24) is 4.90 Å². The fourth-order valence-corrected chi connectivity index (χ4v) is 2.22. The second kappa shape index (κ2) is 7.13. The van der Waals surface area contributed by atoms with Gasteiger partial charge in [0.05, 0.1) is 6.54 Å². The van der Waals surface area contributed by atoms with Gasteiger partial charge in [0.1, 0.15) is 17.7 Å². The van der Waals surface area contributed by atoms with Crippen molar-refractivity contribution in [3.8, 4) is 0 Å². The predicted molar refractivity (Wildman–Crippen MR) is 80.8 cm³/mol. The number of hydrogen-bond donors (Lipinski definition) is 1. The number of amides is 1. The molecule has 2 rings (SSSR count). The normalized spacial score (nSPS) is 12.0. The first-order valence-corrected chi connectivity index (χ1v) is 7.06. The lowest BCUT2D eigenvalue weighted by Crippen LogP contribution is -2.38. The van der Waals surface area contributed by atoms with Crippen molar-refractivity contribution < 1.29 is 13.6 Å². The first kappa shape index (κ1) is 16.1. The lowest BCUT2D eigenvalue weighted by atomic mass is 10.1. The number of rotatable bonds is 5. The highest BCUT2D eigenvalue weighted by atomic mass is 19.1. The maximum absolute atomic E-state index is 13.7. The quantitative estimate of drug-likeness (QED) is 0.923. The van der Waals surface area contributed by atoms with E-state index in [1.807, 2.05) is 6.07 Å². The van der Waals surface area contributed by atoms with E-state index in [0.29, 0.717) is 12.1 Å². The minimum atomic E-state index is -0.851. The molecule has 3 nitrogen and oxygen atoms in total. The molecule has 0 fully saturated rings. The fraction of sp³-hybridized carbons (Fsp3) is 0.235. The molecule has 2 aromatic carbocycles. The summed E-state index contributed by atoms with van der Waals surface area (Å²) in [4.78, 5) is 13.8. The molecule has 0 radical (unpaired) electrons. The third kappa shape index (κ3) is 3.49. The van der Waals surface area contributed by atoms with Crippen LogP contribution in [0.2, 0.25) is 0 Å². The fourth-order valence-electron chi connectivity index (χ4n) is 2.22. The van der Waals surface area contributed by atoms with E-state index < -0.39 is 17.7 Å². The Bertz CT molecular complexity index is 626. The second-order valence-electron chi connectivity index (χ2n) is 4.94. The van der Waals surface area contributed by atoms with Crippen molar-refractivity contribution in [2.24, 2.45) is 5.73 Å². The van der Waals surface area contributed by atoms with E-state index >= 15 is 0 Å². The maximum atomic E-state index is 13.7. The molecule has 0 saturated heterocycles. The molecule has 0 bridgehead atoms. The van der Waals surface area contributed by atoms with Crippen molar-refractivity contribution >= 4 is 5.91 Å². The van der Waals surface area contributed by atoms with Gasteiger partial charge in [-0.25, -0.2) is 8.78 Å². The molecule has 0 aliphatic heterocycles. The predicted octanol–water partition coefficient (Wildman–Crippen LogP) is 3.01. The van der Waals surface area contributed by atoms with Crippen LogP contribution in [0.15, 0.2) is 48.5 Å². The van der Waals surface area contributed by atoms with Crippen molar-refractivity contribution in [3.05, 3.63) is 71.3 Å². The van der Waals surface area contributed by atoms with E-state index in [1.165, 1.54) is 23.1 Å². The molecule has 2 N–H and O–H groups in total. The average molecular weight is 304 g/mol. The van der Waals surface area contributed by atoms with Gasteiger partial charge in [0, 0.05) is 12.1 Å². The summed E-state index contributed by atoms with van der Waals surface area (Å²) in [6, 6.07) is 11.7. The van der Waals surface area contributed by atoms with Gasteiger partial charge >= 0.3 is 0 Å². The van der Waals surface area contributed by atoms with Crippen LogP contribution >= 0.6 is 0 Å². The highest BCUT2D eigenvalue weighted by Crippen LogP contribution is 2.18. The number of nitrogens with two attached hydrogens (primary N) is 1. The lowest BCUT2D eigenvalue weighted by Gasteiger charge is -2.25. The number of carbonyl (C=O) groups is 1. The summed E-state index contributed by atoms with van der Waals surface area (Å²) in [6.45, 7) is 1.91. The van der Waals surface area contributed by atoms with E-state index in [-0.39, 0.29) is 18.0 Å². The summed E-state index contributed by atoms with van der Waals surface area (Å²) >= 11 is 0. The van der Waals surface area contributed by atoms with Gasteiger partial charge in [-0.2, -0.15) is 0 Å². The van der Waals surface area contributed by atoms with Crippen molar-refractivity contribution in [2.45, 2.75) is 19.5 Å². The molecular weight excluding hydrogens is 286 g/mol. The Morgan fingerprint density at radius 1 is 1.09 bits per heavy atom. The lowest BCUT2D eigenvalue weighted by molar-refractivity contribution is -0.133. The summed E-state index contributed by atoms with van der Waals surface area (Å²) < 4.78 is 27.5. The first-order valence-electron chi connectivity index (χ1n) is 7.06. The van der Waals surface area contributed by atoms with Crippen LogP contribution in [0.4, 0.5) is 8.78 Å². The molecule has 0 spiro atoms. The first-order chi connectivity index (χ1) is 10.5. The van der Waals surface area contributed by atoms with Crippen LogP contribution in [-0.4, -0.2) is 17.4 Å². The molecule has 0 aliphatic rings. The average Bonchev–Trinajstić information content (AvgIpc) is 2.54. The molecule has 0 aromatic heterocycles. The zero-order valence-electron chi connectivity index (χ0n) is 12.3. The number of benzene rings is 2. The summed E-state index contributed by atoms with van der Waals surface area (Å²) in [5.41, 5.74) is 6.51. The number of halogens is 2. The standard InChI is InChI=1S/C17H18F2N2O/c1-2-21(11-13-14(18)9-6-10-15(13)19)17(22)16(20)12-7-4-3-5-8-12/h3-10,16H,2,11,20H2,1H3. The Hall–Kier alpha value is -2.27. The Balaban J connectivity index is 2.19. The largest absolute Gasteiger partial charge is 0.337 e. The zero-order chi connectivity index (χ0) is 16.1. The van der Waals surface area contributed by atoms with Crippen molar-refractivity contribution in [3.63, 3.8) is 0 Å². The number of hydrogen-bond acceptors (Lipinski definition) is 2. The van der Waals surface area contributed by atoms with E-state index in [9.17, 15) is 13.6 Å². The smallest absolute Gasteiger partial charge is 0.244 e. The molecular formula is C17H18F2N2O. The van der Waals surface area contributed by atoms with Crippen molar-refractivity contribution in [2.75, 3.05) is 6.54 Å². The minimum absolute atomic E-state index is 0.127. The van der Waals surface area contributed by atoms with Crippen LogP contribution in [0.1, 0.15) is 24.1 Å². The molecule has 2 aromatic rings. The van der Waals surface area contributed by atoms with E-state index in [0.717, 1.165) is 0 Å². The van der Waals surface area contributed by atoms with Crippen LogP contribution in [0.5, 0.6) is 0 Å². The molecule has 0 heterocycles. The zero-order valence-corrected chi connectivity index (χ0v) is 12.3. The van der Waals surface area contributed by atoms with Gasteiger partial charge < -0.3 is 10.6 Å². The van der Waals surface area contributed by atoms with Gasteiger partial charge in [0.25, 0.3) is 0 Å². The Morgan fingerprint density at radius 2 is 1.68 bits per heavy atom. The van der Waals surface area contributed by atoms with Crippen LogP contribution in [0, 0.1) is 11.6 Å². The highest BCUT2D eigenvalue weighted by Gasteiger charge is 2.23. The third-order valence-electron chi connectivity index (χ3n) is 3.53. The van der Waals surface area contributed by atoms with Gasteiger partial charge in [-0.1, -0.05) is 36.4 Å². The molecule has 5 heteroatoms. The maximum Gasteiger partial charge on any atom is 0.244 e. The monoisotopic (exact) mass is 304 g/mol. The SMILES string of the molecule is CCN(Cc1c(F)cccc1F)C(=O)C(N)c1ccccc1. The highest BCUT2D eigenvalue weighted by molar-refractivity contribution is 5.83. The number of nitrogens with zero attached hydrogens (tertiary/aromatic N) is 1. The third-order valence-corrected chi connectivity index (χ3v) is 3.53. The van der Waals surface area contributed by atoms with E-state index in [1.54, 1.807) is 31.2 Å². The minimum Gasteiger partial charge on any atom is -0.337 e. The van der Waals surface area contributed by atoms with Gasteiger partial charge in [0.2, 0.25) is 5.91 Å². The molecule has 0 saturated carbocycles.